The molecule has 1 aliphatic carbocycles. The van der Waals surface area contributed by atoms with Gasteiger partial charge in [-0.15, -0.1) is 0 Å². The molecule has 0 radical (unpaired) electrons. The average molecular weight is 570 g/mol. The molecule has 0 unspecified atom stereocenters. The molecule has 0 bridgehead atoms. The highest BCUT2D eigenvalue weighted by atomic mass is 79.9. The fourth-order valence-electron chi connectivity index (χ4n) is 3.51. The molecule has 1 saturated carbocycles. The van der Waals surface area contributed by atoms with Gasteiger partial charge in [0, 0.05) is 42.2 Å². The summed E-state index contributed by atoms with van der Waals surface area (Å²) in [6.07, 6.45) is -2.08. The van der Waals surface area contributed by atoms with Crippen molar-refractivity contribution in [2.45, 2.75) is 38.0 Å². The Kier molecular flexibility index (Phi) is 9.02. The number of aryl methyl sites for hydroxylation is 1. The zero-order valence-corrected chi connectivity index (χ0v) is 21.6. The van der Waals surface area contributed by atoms with E-state index >= 15 is 0 Å². The summed E-state index contributed by atoms with van der Waals surface area (Å²) in [4.78, 5) is 10.6. The van der Waals surface area contributed by atoms with E-state index in [0.717, 1.165) is 30.2 Å². The first-order valence-corrected chi connectivity index (χ1v) is 11.9. The monoisotopic (exact) mass is 569 g/mol. The number of rotatable bonds is 8. The molecule has 0 saturated heterocycles. The van der Waals surface area contributed by atoms with Crippen LogP contribution in [0.1, 0.15) is 51.6 Å². The average Bonchev–Trinajstić information content (AvgIpc) is 3.61. The van der Waals surface area contributed by atoms with Crippen LogP contribution in [-0.2, 0) is 26.3 Å². The molecule has 2 N–H and O–H groups in total. The summed E-state index contributed by atoms with van der Waals surface area (Å²) in [5.41, 5.74) is 1.97. The summed E-state index contributed by atoms with van der Waals surface area (Å²) in [6.45, 7) is 0.774. The van der Waals surface area contributed by atoms with Gasteiger partial charge >= 0.3 is 12.1 Å². The molecule has 0 spiro atoms. The summed E-state index contributed by atoms with van der Waals surface area (Å²) < 4.78 is 50.6. The fraction of sp³-hybridized carbons (Fsp3) is 0.360. The molecular formula is C25H27BrF3N3O4. The quantitative estimate of drug-likeness (QED) is 0.358. The maximum Gasteiger partial charge on any atom is 0.417 e. The van der Waals surface area contributed by atoms with Crippen LogP contribution in [0.2, 0.25) is 0 Å². The summed E-state index contributed by atoms with van der Waals surface area (Å²) in [5, 5.41) is 16.0. The van der Waals surface area contributed by atoms with Crippen LogP contribution < -0.4 is 14.8 Å². The van der Waals surface area contributed by atoms with Crippen molar-refractivity contribution in [3.05, 3.63) is 75.0 Å². The van der Waals surface area contributed by atoms with Crippen molar-refractivity contribution >= 4 is 21.9 Å². The van der Waals surface area contributed by atoms with Crippen LogP contribution in [0, 0.1) is 0 Å². The van der Waals surface area contributed by atoms with Crippen molar-refractivity contribution in [2.24, 2.45) is 7.05 Å². The van der Waals surface area contributed by atoms with Gasteiger partial charge in [-0.1, -0.05) is 28.1 Å². The molecular weight excluding hydrogens is 543 g/mol. The Morgan fingerprint density at radius 2 is 1.86 bits per heavy atom. The number of nitrogens with one attached hydrogen (secondary N) is 1. The molecule has 194 valence electrons. The number of hydrogen-bond donors (Lipinski definition) is 2. The largest absolute Gasteiger partial charge is 0.497 e. The molecule has 3 aromatic rings. The first-order chi connectivity index (χ1) is 17.0. The van der Waals surface area contributed by atoms with Crippen molar-refractivity contribution in [1.82, 2.24) is 15.1 Å². The molecule has 0 atom stereocenters. The van der Waals surface area contributed by atoms with Crippen LogP contribution in [0.5, 0.6) is 11.5 Å². The number of aromatic nitrogens is 2. The molecule has 11 heteroatoms. The highest BCUT2D eigenvalue weighted by Crippen LogP contribution is 2.39. The number of nitrogens with zero attached hydrogens (tertiary/aromatic N) is 2. The van der Waals surface area contributed by atoms with Crippen LogP contribution in [0.25, 0.3) is 0 Å². The van der Waals surface area contributed by atoms with Gasteiger partial charge in [0.25, 0.3) is 0 Å². The molecule has 2 aromatic carbocycles. The van der Waals surface area contributed by atoms with Crippen molar-refractivity contribution in [1.29, 1.82) is 0 Å². The molecule has 0 amide bonds. The van der Waals surface area contributed by atoms with Crippen LogP contribution in [0.3, 0.4) is 0 Å². The van der Waals surface area contributed by atoms with Crippen LogP contribution in [0.15, 0.2) is 46.9 Å². The fourth-order valence-corrected chi connectivity index (χ4v) is 3.98. The number of carboxylic acid groups (broad SMARTS) is 1. The Morgan fingerprint density at radius 3 is 2.42 bits per heavy atom. The van der Waals surface area contributed by atoms with Gasteiger partial charge in [-0.25, -0.2) is 4.79 Å². The number of alkyl halides is 3. The van der Waals surface area contributed by atoms with E-state index in [2.05, 4.69) is 26.3 Å². The number of carboxylic acids is 1. The van der Waals surface area contributed by atoms with Gasteiger partial charge in [0.2, 0.25) is 0 Å². The maximum absolute atomic E-state index is 12.9. The van der Waals surface area contributed by atoms with E-state index in [1.54, 1.807) is 45.5 Å². The van der Waals surface area contributed by atoms with Crippen molar-refractivity contribution in [3.63, 3.8) is 0 Å². The maximum atomic E-state index is 12.9. The lowest BCUT2D eigenvalue weighted by Crippen LogP contribution is -2.14. The molecule has 7 nitrogen and oxygen atoms in total. The first kappa shape index (κ1) is 27.5. The second-order valence-electron chi connectivity index (χ2n) is 8.25. The lowest BCUT2D eigenvalue weighted by molar-refractivity contribution is -0.138. The molecule has 1 aliphatic rings. The lowest BCUT2D eigenvalue weighted by Gasteiger charge is -2.13. The summed E-state index contributed by atoms with van der Waals surface area (Å²) >= 11 is 2.93. The minimum Gasteiger partial charge on any atom is -0.497 e. The third kappa shape index (κ3) is 7.23. The number of carbonyl (C=O) groups is 1. The van der Waals surface area contributed by atoms with Crippen molar-refractivity contribution in [2.75, 3.05) is 14.2 Å². The predicted molar refractivity (Wildman–Crippen MR) is 131 cm³/mol. The predicted octanol–water partition coefficient (Wildman–Crippen LogP) is 5.77. The number of benzene rings is 2. The zero-order valence-electron chi connectivity index (χ0n) is 20.0. The Labute approximate surface area is 215 Å². The Morgan fingerprint density at radius 1 is 1.14 bits per heavy atom. The number of ether oxygens (including phenoxy) is 2. The topological polar surface area (TPSA) is 85.6 Å². The summed E-state index contributed by atoms with van der Waals surface area (Å²) in [7, 11) is 4.79. The molecule has 1 aromatic heterocycles. The van der Waals surface area contributed by atoms with E-state index < -0.39 is 17.7 Å². The second-order valence-corrected chi connectivity index (χ2v) is 9.11. The highest BCUT2D eigenvalue weighted by Gasteiger charge is 2.33. The zero-order chi connectivity index (χ0) is 26.5. The van der Waals surface area contributed by atoms with E-state index in [4.69, 9.17) is 14.6 Å². The van der Waals surface area contributed by atoms with Crippen LogP contribution in [-0.4, -0.2) is 35.1 Å². The van der Waals surface area contributed by atoms with E-state index in [0.29, 0.717) is 36.1 Å². The third-order valence-electron chi connectivity index (χ3n) is 5.59. The van der Waals surface area contributed by atoms with Gasteiger partial charge in [0.05, 0.1) is 25.5 Å². The van der Waals surface area contributed by atoms with Gasteiger partial charge in [-0.3, -0.25) is 4.68 Å². The molecule has 36 heavy (non-hydrogen) atoms. The molecule has 1 heterocycles. The smallest absolute Gasteiger partial charge is 0.417 e. The highest BCUT2D eigenvalue weighted by molar-refractivity contribution is 9.10. The van der Waals surface area contributed by atoms with Gasteiger partial charge in [-0.05, 0) is 42.7 Å². The normalized spacial score (nSPS) is 13.1. The van der Waals surface area contributed by atoms with Gasteiger partial charge in [0.1, 0.15) is 17.2 Å². The molecule has 4 rings (SSSR count). The minimum absolute atomic E-state index is 0.0376. The Balaban J connectivity index is 0.000000249. The molecule has 0 aliphatic heterocycles. The van der Waals surface area contributed by atoms with Gasteiger partial charge in [0.15, 0.2) is 0 Å². The van der Waals surface area contributed by atoms with E-state index in [1.165, 1.54) is 10.7 Å². The standard InChI is InChI=1S/C17H17BrF3NO2.C8H10N2O2/c1-23-13-5-4-12(16(8-13)24-2)10-22-9-11-3-6-15(18)14(7-11)17(19,20)21;1-10-7(8(11)12)4-6(9-10)5-2-3-5/h3-8,22H,9-10H2,1-2H3;4-5H,2-3H2,1H3,(H,11,12). The lowest BCUT2D eigenvalue weighted by atomic mass is 10.1. The van der Waals surface area contributed by atoms with Crippen LogP contribution in [0.4, 0.5) is 13.2 Å². The van der Waals surface area contributed by atoms with Gasteiger partial charge < -0.3 is 19.9 Å². The number of hydrogen-bond acceptors (Lipinski definition) is 5. The first-order valence-electron chi connectivity index (χ1n) is 11.1. The Bertz CT molecular complexity index is 1210. The van der Waals surface area contributed by atoms with E-state index in [-0.39, 0.29) is 10.2 Å². The number of halogens is 4. The van der Waals surface area contributed by atoms with E-state index in [1.807, 2.05) is 6.07 Å². The molecule has 1 fully saturated rings. The van der Waals surface area contributed by atoms with Crippen LogP contribution >= 0.6 is 15.9 Å². The van der Waals surface area contributed by atoms with Crippen molar-refractivity contribution in [3.8, 4) is 11.5 Å². The number of aromatic carboxylic acids is 1. The van der Waals surface area contributed by atoms with Gasteiger partial charge in [-0.2, -0.15) is 18.3 Å². The summed E-state index contributed by atoms with van der Waals surface area (Å²) in [5.74, 6) is 0.952. The minimum atomic E-state index is -4.38. The third-order valence-corrected chi connectivity index (χ3v) is 6.28. The second kappa shape index (κ2) is 11.8. The van der Waals surface area contributed by atoms with E-state index in [9.17, 15) is 18.0 Å². The summed E-state index contributed by atoms with van der Waals surface area (Å²) in [6, 6.07) is 11.3. The Hall–Kier alpha value is -3.05. The SMILES string of the molecule is COc1ccc(CNCc2ccc(Br)c(C(F)(F)F)c2)c(OC)c1.Cn1nc(C2CC2)cc1C(=O)O. The number of methoxy groups -OCH3 is 2. The van der Waals surface area contributed by atoms with Crippen molar-refractivity contribution < 1.29 is 32.5 Å².